The summed E-state index contributed by atoms with van der Waals surface area (Å²) >= 11 is 5.15. The number of rotatable bonds is 3. The lowest BCUT2D eigenvalue weighted by molar-refractivity contribution is 0.473. The highest BCUT2D eigenvalue weighted by atomic mass is 79.9. The van der Waals surface area contributed by atoms with Crippen LogP contribution in [0.1, 0.15) is 5.56 Å². The van der Waals surface area contributed by atoms with Crippen molar-refractivity contribution >= 4 is 38.7 Å². The van der Waals surface area contributed by atoms with Gasteiger partial charge in [-0.25, -0.2) is 4.79 Å². The van der Waals surface area contributed by atoms with Gasteiger partial charge in [-0.1, -0.05) is 12.1 Å². The summed E-state index contributed by atoms with van der Waals surface area (Å²) in [4.78, 5) is 12.7. The molecule has 3 rings (SSSR count). The fourth-order valence-corrected chi connectivity index (χ4v) is 3.61. The fourth-order valence-electron chi connectivity index (χ4n) is 2.06. The molecule has 0 atom stereocenters. The summed E-state index contributed by atoms with van der Waals surface area (Å²) in [5.41, 5.74) is 0.892. The highest BCUT2D eigenvalue weighted by molar-refractivity contribution is 9.10. The summed E-state index contributed by atoms with van der Waals surface area (Å²) in [6.45, 7) is 0. The van der Waals surface area contributed by atoms with E-state index < -0.39 is 5.63 Å². The van der Waals surface area contributed by atoms with Crippen molar-refractivity contribution in [3.05, 3.63) is 69.0 Å². The smallest absolute Gasteiger partial charge is 0.336 e. The summed E-state index contributed by atoms with van der Waals surface area (Å²) in [6.07, 6.45) is 0. The van der Waals surface area contributed by atoms with E-state index in [0.717, 1.165) is 20.3 Å². The van der Waals surface area contributed by atoms with Crippen LogP contribution in [0.2, 0.25) is 0 Å². The molecule has 106 valence electrons. The van der Waals surface area contributed by atoms with Crippen molar-refractivity contribution in [3.63, 3.8) is 0 Å². The molecule has 0 saturated heterocycles. The van der Waals surface area contributed by atoms with Crippen LogP contribution in [0.5, 0.6) is 5.75 Å². The van der Waals surface area contributed by atoms with E-state index in [1.54, 1.807) is 23.9 Å². The molecule has 21 heavy (non-hydrogen) atoms. The van der Waals surface area contributed by atoms with Crippen LogP contribution in [0.3, 0.4) is 0 Å². The number of thioether (sulfide) groups is 1. The van der Waals surface area contributed by atoms with Crippen molar-refractivity contribution in [1.29, 1.82) is 0 Å². The molecule has 3 nitrogen and oxygen atoms in total. The second-order valence-corrected chi connectivity index (χ2v) is 6.36. The quantitative estimate of drug-likeness (QED) is 0.548. The van der Waals surface area contributed by atoms with Crippen LogP contribution in [0.4, 0.5) is 0 Å². The zero-order chi connectivity index (χ0) is 14.8. The molecule has 0 amide bonds. The van der Waals surface area contributed by atoms with Crippen molar-refractivity contribution in [2.75, 3.05) is 0 Å². The Bertz CT molecular complexity index is 858. The summed E-state index contributed by atoms with van der Waals surface area (Å²) in [7, 11) is 0. The zero-order valence-corrected chi connectivity index (χ0v) is 13.3. The third-order valence-electron chi connectivity index (χ3n) is 3.03. The van der Waals surface area contributed by atoms with Crippen molar-refractivity contribution in [2.45, 2.75) is 10.6 Å². The number of aromatic hydroxyl groups is 1. The number of phenolic OH excluding ortho intramolecular Hbond substituents is 1. The fraction of sp³-hybridized carbons (Fsp3) is 0.0625. The molecule has 0 radical (unpaired) electrons. The number of benzene rings is 2. The Kier molecular flexibility index (Phi) is 4.03. The minimum atomic E-state index is -0.407. The summed E-state index contributed by atoms with van der Waals surface area (Å²) in [6, 6.07) is 14.3. The highest BCUT2D eigenvalue weighted by Gasteiger charge is 2.08. The van der Waals surface area contributed by atoms with Crippen LogP contribution >= 0.6 is 27.7 Å². The molecule has 5 heteroatoms. The standard InChI is InChI=1S/C16H11BrO3S/c17-13-3-1-2-4-15(13)21-9-10-7-16(19)20-14-8-11(18)5-6-12(10)14/h1-8,18H,9H2. The van der Waals surface area contributed by atoms with E-state index in [1.165, 1.54) is 12.1 Å². The topological polar surface area (TPSA) is 50.4 Å². The third kappa shape index (κ3) is 3.14. The molecule has 0 aliphatic carbocycles. The molecule has 3 aromatic rings. The Labute approximate surface area is 133 Å². The summed E-state index contributed by atoms with van der Waals surface area (Å²) in [5, 5.41) is 10.3. The molecule has 1 N–H and O–H groups in total. The zero-order valence-electron chi connectivity index (χ0n) is 10.9. The summed E-state index contributed by atoms with van der Waals surface area (Å²) < 4.78 is 6.15. The molecule has 0 saturated carbocycles. The monoisotopic (exact) mass is 362 g/mol. The van der Waals surface area contributed by atoms with E-state index in [0.29, 0.717) is 11.3 Å². The maximum absolute atomic E-state index is 11.6. The molecule has 0 fully saturated rings. The second kappa shape index (κ2) is 5.95. The molecule has 0 spiro atoms. The van der Waals surface area contributed by atoms with Crippen molar-refractivity contribution in [3.8, 4) is 5.75 Å². The second-order valence-electron chi connectivity index (χ2n) is 4.49. The Morgan fingerprint density at radius 3 is 2.76 bits per heavy atom. The number of phenols is 1. The Hall–Kier alpha value is -1.72. The number of hydrogen-bond donors (Lipinski definition) is 1. The molecule has 0 aliphatic heterocycles. The van der Waals surface area contributed by atoms with E-state index in [1.807, 2.05) is 24.3 Å². The average Bonchev–Trinajstić information content (AvgIpc) is 2.45. The average molecular weight is 363 g/mol. The van der Waals surface area contributed by atoms with Gasteiger partial charge < -0.3 is 9.52 Å². The van der Waals surface area contributed by atoms with Gasteiger partial charge in [-0.2, -0.15) is 0 Å². The first-order chi connectivity index (χ1) is 10.1. The van der Waals surface area contributed by atoms with Gasteiger partial charge in [0.2, 0.25) is 0 Å². The van der Waals surface area contributed by atoms with Crippen molar-refractivity contribution < 1.29 is 9.52 Å². The van der Waals surface area contributed by atoms with Gasteiger partial charge in [0.05, 0.1) is 0 Å². The van der Waals surface area contributed by atoms with Crippen molar-refractivity contribution in [1.82, 2.24) is 0 Å². The first kappa shape index (κ1) is 14.2. The lowest BCUT2D eigenvalue weighted by atomic mass is 10.1. The lowest BCUT2D eigenvalue weighted by Gasteiger charge is -2.07. The first-order valence-corrected chi connectivity index (χ1v) is 8.04. The van der Waals surface area contributed by atoms with Gasteiger partial charge in [-0.3, -0.25) is 0 Å². The molecule has 0 bridgehead atoms. The maximum Gasteiger partial charge on any atom is 0.336 e. The highest BCUT2D eigenvalue weighted by Crippen LogP contribution is 2.31. The molecule has 2 aromatic carbocycles. The first-order valence-electron chi connectivity index (χ1n) is 6.26. The van der Waals surface area contributed by atoms with E-state index in [-0.39, 0.29) is 5.75 Å². The van der Waals surface area contributed by atoms with Gasteiger partial charge in [-0.05, 0) is 45.8 Å². The Morgan fingerprint density at radius 2 is 1.95 bits per heavy atom. The predicted octanol–water partition coefficient (Wildman–Crippen LogP) is 4.55. The number of fused-ring (bicyclic) bond motifs is 1. The van der Waals surface area contributed by atoms with Crippen LogP contribution in [-0.4, -0.2) is 5.11 Å². The van der Waals surface area contributed by atoms with Gasteiger partial charge in [0, 0.05) is 32.6 Å². The Morgan fingerprint density at radius 1 is 1.14 bits per heavy atom. The van der Waals surface area contributed by atoms with E-state index in [2.05, 4.69) is 15.9 Å². The van der Waals surface area contributed by atoms with Crippen molar-refractivity contribution in [2.24, 2.45) is 0 Å². The van der Waals surface area contributed by atoms with Crippen LogP contribution < -0.4 is 5.63 Å². The summed E-state index contributed by atoms with van der Waals surface area (Å²) in [5.74, 6) is 0.733. The molecule has 0 unspecified atom stereocenters. The molecule has 1 heterocycles. The maximum atomic E-state index is 11.6. The van der Waals surface area contributed by atoms with Gasteiger partial charge >= 0.3 is 5.63 Å². The molecular weight excluding hydrogens is 352 g/mol. The van der Waals surface area contributed by atoms with E-state index >= 15 is 0 Å². The van der Waals surface area contributed by atoms with E-state index in [4.69, 9.17) is 4.42 Å². The van der Waals surface area contributed by atoms with Gasteiger partial charge in [0.1, 0.15) is 11.3 Å². The SMILES string of the molecule is O=c1cc(CSc2ccccc2Br)c2ccc(O)cc2o1. The van der Waals surface area contributed by atoms with Gasteiger partial charge in [-0.15, -0.1) is 11.8 Å². The number of hydrogen-bond acceptors (Lipinski definition) is 4. The number of halogens is 1. The Balaban J connectivity index is 1.97. The molecule has 1 aromatic heterocycles. The predicted molar refractivity (Wildman–Crippen MR) is 87.9 cm³/mol. The lowest BCUT2D eigenvalue weighted by Crippen LogP contribution is -1.99. The minimum Gasteiger partial charge on any atom is -0.508 e. The van der Waals surface area contributed by atoms with Gasteiger partial charge in [0.15, 0.2) is 0 Å². The normalized spacial score (nSPS) is 10.9. The molecular formula is C16H11BrO3S. The van der Waals surface area contributed by atoms with Crippen LogP contribution in [0, 0.1) is 0 Å². The van der Waals surface area contributed by atoms with Gasteiger partial charge in [0.25, 0.3) is 0 Å². The van der Waals surface area contributed by atoms with Crippen LogP contribution in [0.25, 0.3) is 11.0 Å². The largest absolute Gasteiger partial charge is 0.508 e. The van der Waals surface area contributed by atoms with Crippen LogP contribution in [-0.2, 0) is 5.75 Å². The minimum absolute atomic E-state index is 0.0845. The third-order valence-corrected chi connectivity index (χ3v) is 5.11. The van der Waals surface area contributed by atoms with Crippen LogP contribution in [0.15, 0.2) is 67.1 Å². The van der Waals surface area contributed by atoms with E-state index in [9.17, 15) is 9.90 Å². The molecule has 0 aliphatic rings.